The number of rotatable bonds is 4. The predicted octanol–water partition coefficient (Wildman–Crippen LogP) is 0.141. The molecule has 2 heterocycles. The van der Waals surface area contributed by atoms with Crippen LogP contribution < -0.4 is 0 Å². The van der Waals surface area contributed by atoms with Gasteiger partial charge in [-0.2, -0.15) is 4.31 Å². The SMILES string of the molecule is CCn1cncc1S(=O)(=O)N1CCC[C@@H]1C(=O)O. The van der Waals surface area contributed by atoms with Crippen molar-refractivity contribution in [3.8, 4) is 0 Å². The number of sulfonamides is 1. The molecule has 1 N–H and O–H groups in total. The van der Waals surface area contributed by atoms with E-state index in [-0.39, 0.29) is 11.6 Å². The average molecular weight is 273 g/mol. The molecule has 0 amide bonds. The van der Waals surface area contributed by atoms with Gasteiger partial charge < -0.3 is 9.67 Å². The largest absolute Gasteiger partial charge is 0.480 e. The lowest BCUT2D eigenvalue weighted by Crippen LogP contribution is -2.41. The number of carboxylic acids is 1. The van der Waals surface area contributed by atoms with Gasteiger partial charge in [0.25, 0.3) is 10.0 Å². The summed E-state index contributed by atoms with van der Waals surface area (Å²) in [6.45, 7) is 2.52. The van der Waals surface area contributed by atoms with E-state index in [1.165, 1.54) is 17.1 Å². The number of aryl methyl sites for hydroxylation is 1. The Morgan fingerprint density at radius 1 is 1.61 bits per heavy atom. The number of aliphatic carboxylic acids is 1. The third-order valence-corrected chi connectivity index (χ3v) is 5.00. The zero-order chi connectivity index (χ0) is 13.3. The summed E-state index contributed by atoms with van der Waals surface area (Å²) in [5.74, 6) is -1.10. The minimum atomic E-state index is -3.78. The van der Waals surface area contributed by atoms with E-state index in [1.807, 2.05) is 0 Å². The van der Waals surface area contributed by atoms with Crippen molar-refractivity contribution < 1.29 is 18.3 Å². The highest BCUT2D eigenvalue weighted by atomic mass is 32.2. The number of nitrogens with zero attached hydrogens (tertiary/aromatic N) is 3. The van der Waals surface area contributed by atoms with Crippen LogP contribution in [0.3, 0.4) is 0 Å². The molecule has 8 heteroatoms. The molecule has 0 aliphatic carbocycles. The smallest absolute Gasteiger partial charge is 0.322 e. The molecule has 0 bridgehead atoms. The normalized spacial score (nSPS) is 21.3. The van der Waals surface area contributed by atoms with Crippen molar-refractivity contribution in [1.29, 1.82) is 0 Å². The maximum atomic E-state index is 12.4. The van der Waals surface area contributed by atoms with Gasteiger partial charge in [0.05, 0.1) is 12.5 Å². The lowest BCUT2D eigenvalue weighted by atomic mass is 10.2. The van der Waals surface area contributed by atoms with Crippen molar-refractivity contribution in [2.75, 3.05) is 6.54 Å². The van der Waals surface area contributed by atoms with Crippen LogP contribution in [0.15, 0.2) is 17.6 Å². The van der Waals surface area contributed by atoms with Gasteiger partial charge in [-0.3, -0.25) is 4.79 Å². The first-order valence-corrected chi connectivity index (χ1v) is 7.17. The van der Waals surface area contributed by atoms with Crippen LogP contribution in [0.4, 0.5) is 0 Å². The van der Waals surface area contributed by atoms with Crippen LogP contribution in [-0.2, 0) is 21.4 Å². The number of hydrogen-bond donors (Lipinski definition) is 1. The fraction of sp³-hybridized carbons (Fsp3) is 0.600. The lowest BCUT2D eigenvalue weighted by Gasteiger charge is -2.21. The molecule has 0 aromatic carbocycles. The summed E-state index contributed by atoms with van der Waals surface area (Å²) in [5.41, 5.74) is 0. The van der Waals surface area contributed by atoms with E-state index in [4.69, 9.17) is 5.11 Å². The second-order valence-corrected chi connectivity index (χ2v) is 5.97. The summed E-state index contributed by atoms with van der Waals surface area (Å²) in [4.78, 5) is 14.9. The van der Waals surface area contributed by atoms with Crippen molar-refractivity contribution in [3.63, 3.8) is 0 Å². The number of carbonyl (C=O) groups is 1. The molecule has 1 fully saturated rings. The van der Waals surface area contributed by atoms with Gasteiger partial charge in [-0.1, -0.05) is 0 Å². The van der Waals surface area contributed by atoms with Gasteiger partial charge in [-0.05, 0) is 19.8 Å². The van der Waals surface area contributed by atoms with Gasteiger partial charge in [0.1, 0.15) is 6.04 Å². The molecular formula is C10H15N3O4S. The lowest BCUT2D eigenvalue weighted by molar-refractivity contribution is -0.140. The number of aromatic nitrogens is 2. The van der Waals surface area contributed by atoms with E-state index in [9.17, 15) is 13.2 Å². The van der Waals surface area contributed by atoms with Crippen LogP contribution in [-0.4, -0.2) is 45.9 Å². The van der Waals surface area contributed by atoms with Gasteiger partial charge in [0.15, 0.2) is 5.03 Å². The Morgan fingerprint density at radius 3 is 2.94 bits per heavy atom. The van der Waals surface area contributed by atoms with E-state index in [0.29, 0.717) is 19.4 Å². The highest BCUT2D eigenvalue weighted by molar-refractivity contribution is 7.89. The van der Waals surface area contributed by atoms with Gasteiger partial charge in [0.2, 0.25) is 0 Å². The Kier molecular flexibility index (Phi) is 3.40. The molecule has 1 saturated heterocycles. The van der Waals surface area contributed by atoms with Gasteiger partial charge in [0, 0.05) is 13.1 Å². The summed E-state index contributed by atoms with van der Waals surface area (Å²) in [6, 6.07) is -0.963. The first kappa shape index (κ1) is 13.0. The van der Waals surface area contributed by atoms with Gasteiger partial charge in [-0.25, -0.2) is 13.4 Å². The zero-order valence-corrected chi connectivity index (χ0v) is 10.8. The Labute approximate surface area is 105 Å². The quantitative estimate of drug-likeness (QED) is 0.842. The molecule has 18 heavy (non-hydrogen) atoms. The van der Waals surface area contributed by atoms with Crippen molar-refractivity contribution in [1.82, 2.24) is 13.9 Å². The fourth-order valence-electron chi connectivity index (χ4n) is 2.16. The molecule has 2 rings (SSSR count). The topological polar surface area (TPSA) is 92.5 Å². The second-order valence-electron chi connectivity index (χ2n) is 4.13. The molecule has 0 unspecified atom stereocenters. The van der Waals surface area contributed by atoms with Gasteiger partial charge >= 0.3 is 5.97 Å². The highest BCUT2D eigenvalue weighted by Gasteiger charge is 2.40. The number of imidazole rings is 1. The Hall–Kier alpha value is -1.41. The van der Waals surface area contributed by atoms with Crippen LogP contribution in [0.5, 0.6) is 0 Å². The Bertz CT molecular complexity index is 551. The molecule has 100 valence electrons. The van der Waals surface area contributed by atoms with Crippen molar-refractivity contribution >= 4 is 16.0 Å². The summed E-state index contributed by atoms with van der Waals surface area (Å²) in [6.07, 6.45) is 3.61. The Morgan fingerprint density at radius 2 is 2.33 bits per heavy atom. The summed E-state index contributed by atoms with van der Waals surface area (Å²) < 4.78 is 27.3. The molecule has 1 aromatic rings. The van der Waals surface area contributed by atoms with E-state index in [2.05, 4.69) is 4.98 Å². The fourth-order valence-corrected chi connectivity index (χ4v) is 3.96. The summed E-state index contributed by atoms with van der Waals surface area (Å²) in [5, 5.41) is 9.10. The first-order chi connectivity index (χ1) is 8.48. The Balaban J connectivity index is 2.40. The maximum absolute atomic E-state index is 12.4. The zero-order valence-electron chi connectivity index (χ0n) is 9.98. The van der Waals surface area contributed by atoms with Crippen LogP contribution >= 0.6 is 0 Å². The summed E-state index contributed by atoms with van der Waals surface area (Å²) in [7, 11) is -3.78. The van der Waals surface area contributed by atoms with E-state index >= 15 is 0 Å². The third kappa shape index (κ3) is 2.01. The number of carboxylic acid groups (broad SMARTS) is 1. The molecule has 0 saturated carbocycles. The predicted molar refractivity (Wildman–Crippen MR) is 62.5 cm³/mol. The molecule has 1 aromatic heterocycles. The standard InChI is InChI=1S/C10H15N3O4S/c1-2-12-7-11-6-9(12)18(16,17)13-5-3-4-8(13)10(14)15/h6-8H,2-5H2,1H3,(H,14,15)/t8-/m1/s1. The minimum Gasteiger partial charge on any atom is -0.480 e. The maximum Gasteiger partial charge on any atom is 0.322 e. The van der Waals surface area contributed by atoms with Crippen LogP contribution in [0, 0.1) is 0 Å². The molecular weight excluding hydrogens is 258 g/mol. The van der Waals surface area contributed by atoms with Crippen LogP contribution in [0.2, 0.25) is 0 Å². The molecule has 0 spiro atoms. The first-order valence-electron chi connectivity index (χ1n) is 5.73. The van der Waals surface area contributed by atoms with E-state index < -0.39 is 22.0 Å². The molecule has 7 nitrogen and oxygen atoms in total. The highest BCUT2D eigenvalue weighted by Crippen LogP contribution is 2.26. The van der Waals surface area contributed by atoms with E-state index in [1.54, 1.807) is 6.92 Å². The van der Waals surface area contributed by atoms with Crippen LogP contribution in [0.25, 0.3) is 0 Å². The third-order valence-electron chi connectivity index (χ3n) is 3.08. The van der Waals surface area contributed by atoms with Crippen LogP contribution in [0.1, 0.15) is 19.8 Å². The van der Waals surface area contributed by atoms with Gasteiger partial charge in [-0.15, -0.1) is 0 Å². The second kappa shape index (κ2) is 4.69. The molecule has 1 aliphatic heterocycles. The summed E-state index contributed by atoms with van der Waals surface area (Å²) >= 11 is 0. The van der Waals surface area contributed by atoms with E-state index in [0.717, 1.165) is 4.31 Å². The van der Waals surface area contributed by atoms with Crippen molar-refractivity contribution in [2.45, 2.75) is 37.4 Å². The minimum absolute atomic E-state index is 0.0538. The molecule has 1 aliphatic rings. The monoisotopic (exact) mass is 273 g/mol. The van der Waals surface area contributed by atoms with Crippen molar-refractivity contribution in [3.05, 3.63) is 12.5 Å². The average Bonchev–Trinajstić information content (AvgIpc) is 2.98. The van der Waals surface area contributed by atoms with Crippen molar-refractivity contribution in [2.24, 2.45) is 0 Å². The molecule has 0 radical (unpaired) electrons. The molecule has 1 atom stereocenters. The number of hydrogen-bond acceptors (Lipinski definition) is 4.